The van der Waals surface area contributed by atoms with Crippen LogP contribution < -0.4 is 0 Å². The van der Waals surface area contributed by atoms with Crippen LogP contribution in [0.2, 0.25) is 0 Å². The molecular weight excluding hydrogens is 320 g/mol. The van der Waals surface area contributed by atoms with Crippen LogP contribution >= 0.6 is 0 Å². The maximum absolute atomic E-state index is 5.92. The van der Waals surface area contributed by atoms with Gasteiger partial charge >= 0.3 is 0 Å². The minimum atomic E-state index is -0.410. The SMILES string of the molecule is C=CCOC[C@H](OCC=C)C(OCC=C)[C@@H](COCC=C)OCC=C. The van der Waals surface area contributed by atoms with Crippen molar-refractivity contribution in [3.63, 3.8) is 0 Å². The van der Waals surface area contributed by atoms with Crippen molar-refractivity contribution < 1.29 is 23.7 Å². The summed E-state index contributed by atoms with van der Waals surface area (Å²) in [6.45, 7) is 21.0. The molecule has 0 aliphatic carbocycles. The minimum absolute atomic E-state index is 0.330. The molecule has 0 amide bonds. The van der Waals surface area contributed by atoms with E-state index < -0.39 is 6.10 Å². The summed E-state index contributed by atoms with van der Waals surface area (Å²) in [6, 6.07) is 0. The topological polar surface area (TPSA) is 46.2 Å². The van der Waals surface area contributed by atoms with Gasteiger partial charge < -0.3 is 23.7 Å². The van der Waals surface area contributed by atoms with E-state index in [2.05, 4.69) is 32.9 Å². The van der Waals surface area contributed by atoms with E-state index >= 15 is 0 Å². The van der Waals surface area contributed by atoms with Gasteiger partial charge in [0.1, 0.15) is 18.3 Å². The van der Waals surface area contributed by atoms with Crippen LogP contribution in [0.4, 0.5) is 0 Å². The average Bonchev–Trinajstić information content (AvgIpc) is 2.63. The van der Waals surface area contributed by atoms with Crippen molar-refractivity contribution in [2.24, 2.45) is 0 Å². The Hall–Kier alpha value is -1.50. The van der Waals surface area contributed by atoms with E-state index in [1.54, 1.807) is 30.4 Å². The summed E-state index contributed by atoms with van der Waals surface area (Å²) in [4.78, 5) is 0. The van der Waals surface area contributed by atoms with Crippen molar-refractivity contribution >= 4 is 0 Å². The van der Waals surface area contributed by atoms with Crippen LogP contribution in [0.15, 0.2) is 63.3 Å². The normalized spacial score (nSPS) is 14.2. The summed E-state index contributed by atoms with van der Waals surface area (Å²) in [7, 11) is 0. The first-order valence-corrected chi connectivity index (χ1v) is 8.29. The van der Waals surface area contributed by atoms with Crippen LogP contribution in [-0.4, -0.2) is 64.6 Å². The molecule has 0 aromatic rings. The number of rotatable bonds is 19. The summed E-state index contributed by atoms with van der Waals surface area (Å²) >= 11 is 0. The Morgan fingerprint density at radius 2 is 0.880 bits per heavy atom. The van der Waals surface area contributed by atoms with E-state index in [1.165, 1.54) is 0 Å². The highest BCUT2D eigenvalue weighted by atomic mass is 16.6. The highest BCUT2D eigenvalue weighted by Gasteiger charge is 2.32. The smallest absolute Gasteiger partial charge is 0.115 e. The van der Waals surface area contributed by atoms with Gasteiger partial charge in [0, 0.05) is 0 Å². The van der Waals surface area contributed by atoms with Crippen LogP contribution in [0.3, 0.4) is 0 Å². The lowest BCUT2D eigenvalue weighted by Gasteiger charge is -2.32. The molecule has 3 atom stereocenters. The first kappa shape index (κ1) is 23.5. The molecule has 0 heterocycles. The van der Waals surface area contributed by atoms with Gasteiger partial charge in [0.15, 0.2) is 0 Å². The van der Waals surface area contributed by atoms with E-state index in [0.29, 0.717) is 46.2 Å². The maximum Gasteiger partial charge on any atom is 0.115 e. The lowest BCUT2D eigenvalue weighted by molar-refractivity contribution is -0.157. The predicted octanol–water partition coefficient (Wildman–Crippen LogP) is 3.11. The second-order valence-corrected chi connectivity index (χ2v) is 5.06. The first-order chi connectivity index (χ1) is 12.2. The molecule has 0 aromatic heterocycles. The quantitative estimate of drug-likeness (QED) is 0.264. The zero-order chi connectivity index (χ0) is 18.8. The molecule has 0 aromatic carbocycles. The molecule has 0 rings (SSSR count). The van der Waals surface area contributed by atoms with Gasteiger partial charge in [-0.3, -0.25) is 0 Å². The van der Waals surface area contributed by atoms with Crippen LogP contribution in [-0.2, 0) is 23.7 Å². The van der Waals surface area contributed by atoms with Crippen molar-refractivity contribution in [1.29, 1.82) is 0 Å². The Morgan fingerprint density at radius 1 is 0.520 bits per heavy atom. The summed E-state index contributed by atoms with van der Waals surface area (Å²) in [5, 5.41) is 0. The average molecular weight is 352 g/mol. The molecular formula is C20H32O5. The molecule has 1 unspecified atom stereocenters. The zero-order valence-corrected chi connectivity index (χ0v) is 15.1. The van der Waals surface area contributed by atoms with Gasteiger partial charge in [0.25, 0.3) is 0 Å². The summed E-state index contributed by atoms with van der Waals surface area (Å²) in [5.74, 6) is 0. The van der Waals surface area contributed by atoms with E-state index in [1.807, 2.05) is 0 Å². The molecule has 0 radical (unpaired) electrons. The summed E-state index contributed by atoms with van der Waals surface area (Å²) < 4.78 is 28.7. The second kappa shape index (κ2) is 17.3. The molecule has 25 heavy (non-hydrogen) atoms. The summed E-state index contributed by atoms with van der Waals surface area (Å²) in [6.07, 6.45) is 7.27. The van der Waals surface area contributed by atoms with E-state index in [0.717, 1.165) is 0 Å². The van der Waals surface area contributed by atoms with Gasteiger partial charge in [-0.2, -0.15) is 0 Å². The van der Waals surface area contributed by atoms with Gasteiger partial charge in [-0.25, -0.2) is 0 Å². The highest BCUT2D eigenvalue weighted by molar-refractivity contribution is 4.84. The Kier molecular flexibility index (Phi) is 16.3. The highest BCUT2D eigenvalue weighted by Crippen LogP contribution is 2.15. The minimum Gasteiger partial charge on any atom is -0.375 e. The molecule has 0 N–H and O–H groups in total. The van der Waals surface area contributed by atoms with Crippen LogP contribution in [0, 0.1) is 0 Å². The number of hydrogen-bond acceptors (Lipinski definition) is 5. The Morgan fingerprint density at radius 3 is 1.24 bits per heavy atom. The molecule has 0 saturated carbocycles. The Labute approximate surface area is 152 Å². The molecule has 0 spiro atoms. The predicted molar refractivity (Wildman–Crippen MR) is 102 cm³/mol. The fraction of sp³-hybridized carbons (Fsp3) is 0.500. The molecule has 0 aliphatic rings. The maximum atomic E-state index is 5.92. The third-order valence-electron chi connectivity index (χ3n) is 3.03. The van der Waals surface area contributed by atoms with Crippen LogP contribution in [0.1, 0.15) is 0 Å². The molecule has 142 valence electrons. The standard InChI is InChI=1S/C20H32O5/c1-6-11-21-16-18(23-13-8-3)20(25-15-10-5)19(24-14-9-4)17-22-12-7-2/h6-10,18-20H,1-5,11-17H2/t18-,19+,20?. The van der Waals surface area contributed by atoms with Crippen molar-refractivity contribution in [2.75, 3.05) is 46.2 Å². The van der Waals surface area contributed by atoms with E-state index in [4.69, 9.17) is 23.7 Å². The first-order valence-electron chi connectivity index (χ1n) is 8.29. The van der Waals surface area contributed by atoms with Crippen LogP contribution in [0.25, 0.3) is 0 Å². The van der Waals surface area contributed by atoms with E-state index in [9.17, 15) is 0 Å². The third kappa shape index (κ3) is 11.6. The number of ether oxygens (including phenoxy) is 5. The zero-order valence-electron chi connectivity index (χ0n) is 15.1. The molecule has 5 nitrogen and oxygen atoms in total. The molecule has 0 saturated heterocycles. The lowest BCUT2D eigenvalue weighted by Crippen LogP contribution is -2.47. The summed E-state index contributed by atoms with van der Waals surface area (Å²) in [5.41, 5.74) is 0. The van der Waals surface area contributed by atoms with Gasteiger partial charge in [-0.15, -0.1) is 32.9 Å². The molecule has 0 aliphatic heterocycles. The van der Waals surface area contributed by atoms with Crippen molar-refractivity contribution in [2.45, 2.75) is 18.3 Å². The lowest BCUT2D eigenvalue weighted by atomic mass is 10.1. The van der Waals surface area contributed by atoms with Gasteiger partial charge in [0.2, 0.25) is 0 Å². The van der Waals surface area contributed by atoms with E-state index in [-0.39, 0.29) is 12.2 Å². The fourth-order valence-corrected chi connectivity index (χ4v) is 2.03. The molecule has 0 fully saturated rings. The largest absolute Gasteiger partial charge is 0.375 e. The van der Waals surface area contributed by atoms with Crippen molar-refractivity contribution in [3.05, 3.63) is 63.3 Å². The van der Waals surface area contributed by atoms with Gasteiger partial charge in [0.05, 0.1) is 46.2 Å². The Bertz CT molecular complexity index is 350. The van der Waals surface area contributed by atoms with Gasteiger partial charge in [-0.05, 0) is 0 Å². The fourth-order valence-electron chi connectivity index (χ4n) is 2.03. The molecule has 0 bridgehead atoms. The van der Waals surface area contributed by atoms with Crippen LogP contribution in [0.5, 0.6) is 0 Å². The van der Waals surface area contributed by atoms with Crippen molar-refractivity contribution in [3.8, 4) is 0 Å². The third-order valence-corrected chi connectivity index (χ3v) is 3.03. The second-order valence-electron chi connectivity index (χ2n) is 5.06. The monoisotopic (exact) mass is 352 g/mol. The van der Waals surface area contributed by atoms with Crippen molar-refractivity contribution in [1.82, 2.24) is 0 Å². The molecule has 5 heteroatoms. The Balaban J connectivity index is 5.17. The number of hydrogen-bond donors (Lipinski definition) is 0. The van der Waals surface area contributed by atoms with Gasteiger partial charge in [-0.1, -0.05) is 30.4 Å².